The lowest BCUT2D eigenvalue weighted by Gasteiger charge is -2.17. The van der Waals surface area contributed by atoms with E-state index in [1.165, 1.54) is 6.07 Å². The highest BCUT2D eigenvalue weighted by atomic mass is 32.2. The Bertz CT molecular complexity index is 907. The molecular formula is C17H19N5O3S. The number of nitriles is 1. The summed E-state index contributed by atoms with van der Waals surface area (Å²) in [5.41, 5.74) is 1.25. The predicted molar refractivity (Wildman–Crippen MR) is 94.9 cm³/mol. The van der Waals surface area contributed by atoms with Gasteiger partial charge in [0.05, 0.1) is 17.0 Å². The molecule has 1 aliphatic heterocycles. The van der Waals surface area contributed by atoms with Crippen LogP contribution in [0.2, 0.25) is 0 Å². The molecule has 0 amide bonds. The maximum Gasteiger partial charge on any atom is 0.240 e. The Balaban J connectivity index is 1.72. The van der Waals surface area contributed by atoms with Crippen molar-refractivity contribution in [1.29, 1.82) is 5.26 Å². The van der Waals surface area contributed by atoms with E-state index in [9.17, 15) is 13.5 Å². The first-order valence-electron chi connectivity index (χ1n) is 8.21. The zero-order valence-electron chi connectivity index (χ0n) is 14.2. The minimum Gasteiger partial charge on any atom is -0.390 e. The lowest BCUT2D eigenvalue weighted by molar-refractivity contribution is 0.174. The smallest absolute Gasteiger partial charge is 0.240 e. The van der Waals surface area contributed by atoms with E-state index in [-0.39, 0.29) is 23.7 Å². The van der Waals surface area contributed by atoms with Gasteiger partial charge in [0.1, 0.15) is 6.07 Å². The molecule has 0 aliphatic carbocycles. The van der Waals surface area contributed by atoms with Crippen LogP contribution in [0.1, 0.15) is 18.2 Å². The molecule has 2 heterocycles. The van der Waals surface area contributed by atoms with Crippen molar-refractivity contribution in [2.45, 2.75) is 30.4 Å². The van der Waals surface area contributed by atoms with Crippen LogP contribution in [0.5, 0.6) is 0 Å². The van der Waals surface area contributed by atoms with Crippen LogP contribution in [0.15, 0.2) is 41.3 Å². The summed E-state index contributed by atoms with van der Waals surface area (Å²) in [6.07, 6.45) is -0.0486. The summed E-state index contributed by atoms with van der Waals surface area (Å²) in [5.74, 6) is 0.483. The summed E-state index contributed by atoms with van der Waals surface area (Å²) in [7, 11) is -3.73. The second-order valence-electron chi connectivity index (χ2n) is 6.09. The van der Waals surface area contributed by atoms with Crippen molar-refractivity contribution < 1.29 is 13.5 Å². The summed E-state index contributed by atoms with van der Waals surface area (Å²) in [5, 5.41) is 26.7. The fraction of sp³-hybridized carbons (Fsp3) is 0.353. The van der Waals surface area contributed by atoms with Gasteiger partial charge in [0, 0.05) is 13.1 Å². The van der Waals surface area contributed by atoms with Crippen molar-refractivity contribution in [3.8, 4) is 6.07 Å². The van der Waals surface area contributed by atoms with Gasteiger partial charge >= 0.3 is 0 Å². The standard InChI is InChI=1S/C17H19N5O3S/c1-2-12-3-6-14(7-4-12)26(24,25)21-15-10-22(11-16(15)23)17-8-5-13(9-18)19-20-17/h3-8,15-16,21,23H,2,10-11H2,1H3/t15-,16+/m1/s1. The van der Waals surface area contributed by atoms with Crippen molar-refractivity contribution in [1.82, 2.24) is 14.9 Å². The zero-order chi connectivity index (χ0) is 18.7. The van der Waals surface area contributed by atoms with Crippen molar-refractivity contribution in [2.24, 2.45) is 0 Å². The molecule has 26 heavy (non-hydrogen) atoms. The molecule has 1 saturated heterocycles. The molecule has 2 atom stereocenters. The number of nitrogens with one attached hydrogen (secondary N) is 1. The number of sulfonamides is 1. The Morgan fingerprint density at radius 2 is 1.96 bits per heavy atom. The summed E-state index contributed by atoms with van der Waals surface area (Å²) in [6.45, 7) is 2.48. The molecule has 1 aromatic carbocycles. The summed E-state index contributed by atoms with van der Waals surface area (Å²) in [6, 6.07) is 11.1. The highest BCUT2D eigenvalue weighted by Gasteiger charge is 2.35. The van der Waals surface area contributed by atoms with Gasteiger partial charge in [0.25, 0.3) is 0 Å². The van der Waals surface area contributed by atoms with E-state index in [2.05, 4.69) is 14.9 Å². The topological polar surface area (TPSA) is 119 Å². The summed E-state index contributed by atoms with van der Waals surface area (Å²) >= 11 is 0. The van der Waals surface area contributed by atoms with E-state index < -0.39 is 22.2 Å². The molecule has 3 rings (SSSR count). The Hall–Kier alpha value is -2.54. The van der Waals surface area contributed by atoms with Crippen LogP contribution in [0.3, 0.4) is 0 Å². The lowest BCUT2D eigenvalue weighted by atomic mass is 10.2. The van der Waals surface area contributed by atoms with E-state index in [1.54, 1.807) is 35.2 Å². The number of anilines is 1. The van der Waals surface area contributed by atoms with Crippen LogP contribution in [-0.2, 0) is 16.4 Å². The van der Waals surface area contributed by atoms with Crippen molar-refractivity contribution in [3.63, 3.8) is 0 Å². The third-order valence-electron chi connectivity index (χ3n) is 4.33. The number of benzene rings is 1. The van der Waals surface area contributed by atoms with Gasteiger partial charge in [0.2, 0.25) is 10.0 Å². The van der Waals surface area contributed by atoms with Crippen LogP contribution in [-0.4, -0.2) is 49.0 Å². The number of aromatic nitrogens is 2. The molecule has 8 nitrogen and oxygen atoms in total. The maximum atomic E-state index is 12.6. The molecule has 136 valence electrons. The Kier molecular flexibility index (Phi) is 5.18. The Labute approximate surface area is 152 Å². The normalized spacial score (nSPS) is 20.1. The molecule has 1 aromatic heterocycles. The molecule has 9 heteroatoms. The van der Waals surface area contributed by atoms with Crippen molar-refractivity contribution in [3.05, 3.63) is 47.7 Å². The van der Waals surface area contributed by atoms with Gasteiger partial charge < -0.3 is 10.0 Å². The highest BCUT2D eigenvalue weighted by molar-refractivity contribution is 7.89. The number of hydrogen-bond acceptors (Lipinski definition) is 7. The first-order valence-corrected chi connectivity index (χ1v) is 9.69. The van der Waals surface area contributed by atoms with Crippen molar-refractivity contribution in [2.75, 3.05) is 18.0 Å². The predicted octanol–water partition coefficient (Wildman–Crippen LogP) is 0.439. The van der Waals surface area contributed by atoms with Crippen LogP contribution >= 0.6 is 0 Å². The van der Waals surface area contributed by atoms with E-state index >= 15 is 0 Å². The number of aryl methyl sites for hydroxylation is 1. The maximum absolute atomic E-state index is 12.6. The zero-order valence-corrected chi connectivity index (χ0v) is 15.0. The van der Waals surface area contributed by atoms with Gasteiger partial charge in [-0.15, -0.1) is 10.2 Å². The minimum absolute atomic E-state index is 0.165. The van der Waals surface area contributed by atoms with Crippen molar-refractivity contribution >= 4 is 15.8 Å². The largest absolute Gasteiger partial charge is 0.390 e. The Morgan fingerprint density at radius 1 is 1.23 bits per heavy atom. The average Bonchev–Trinajstić information content (AvgIpc) is 3.01. The minimum atomic E-state index is -3.73. The molecule has 1 aliphatic rings. The monoisotopic (exact) mass is 373 g/mol. The van der Waals surface area contributed by atoms with Gasteiger partial charge in [-0.25, -0.2) is 13.1 Å². The highest BCUT2D eigenvalue weighted by Crippen LogP contribution is 2.20. The van der Waals surface area contributed by atoms with Crippen LogP contribution < -0.4 is 9.62 Å². The van der Waals surface area contributed by atoms with Gasteiger partial charge in [-0.3, -0.25) is 0 Å². The fourth-order valence-corrected chi connectivity index (χ4v) is 4.08. The number of aliphatic hydroxyl groups is 1. The molecule has 0 bridgehead atoms. The number of aliphatic hydroxyl groups excluding tert-OH is 1. The summed E-state index contributed by atoms with van der Waals surface area (Å²) in [4.78, 5) is 1.89. The molecule has 2 N–H and O–H groups in total. The fourth-order valence-electron chi connectivity index (χ4n) is 2.81. The van der Waals surface area contributed by atoms with Crippen LogP contribution in [0.4, 0.5) is 5.82 Å². The molecule has 0 spiro atoms. The molecule has 2 aromatic rings. The SMILES string of the molecule is CCc1ccc(S(=O)(=O)N[C@@H]2CN(c3ccc(C#N)nn3)C[C@@H]2O)cc1. The first-order chi connectivity index (χ1) is 12.4. The third-order valence-corrected chi connectivity index (χ3v) is 5.83. The van der Waals surface area contributed by atoms with Gasteiger partial charge in [-0.2, -0.15) is 5.26 Å². The van der Waals surface area contributed by atoms with E-state index in [4.69, 9.17) is 5.26 Å². The third kappa shape index (κ3) is 3.83. The first kappa shape index (κ1) is 18.3. The molecule has 0 radical (unpaired) electrons. The van der Waals surface area contributed by atoms with Gasteiger partial charge in [0.15, 0.2) is 11.5 Å². The number of nitrogens with zero attached hydrogens (tertiary/aromatic N) is 4. The quantitative estimate of drug-likeness (QED) is 0.780. The molecular weight excluding hydrogens is 354 g/mol. The van der Waals surface area contributed by atoms with E-state index in [1.807, 2.05) is 13.0 Å². The number of β-amino-alcohol motifs (C(OH)–C–C–N with tert-alkyl or cyclic N) is 1. The van der Waals surface area contributed by atoms with E-state index in [0.29, 0.717) is 5.82 Å². The molecule has 1 fully saturated rings. The molecule has 0 saturated carbocycles. The average molecular weight is 373 g/mol. The van der Waals surface area contributed by atoms with E-state index in [0.717, 1.165) is 12.0 Å². The number of rotatable bonds is 5. The number of hydrogen-bond donors (Lipinski definition) is 2. The van der Waals surface area contributed by atoms with Crippen LogP contribution in [0.25, 0.3) is 0 Å². The lowest BCUT2D eigenvalue weighted by Crippen LogP contribution is -2.42. The second kappa shape index (κ2) is 7.37. The molecule has 0 unspecified atom stereocenters. The second-order valence-corrected chi connectivity index (χ2v) is 7.80. The summed E-state index contributed by atoms with van der Waals surface area (Å²) < 4.78 is 27.7. The van der Waals surface area contributed by atoms with Crippen LogP contribution in [0, 0.1) is 11.3 Å². The van der Waals surface area contributed by atoms with Gasteiger partial charge in [-0.1, -0.05) is 19.1 Å². The Morgan fingerprint density at radius 3 is 2.54 bits per heavy atom. The van der Waals surface area contributed by atoms with Gasteiger partial charge in [-0.05, 0) is 36.2 Å².